The van der Waals surface area contributed by atoms with E-state index in [1.165, 1.54) is 0 Å². The molecule has 1 unspecified atom stereocenters. The maximum atomic E-state index is 11.7. The van der Waals surface area contributed by atoms with Crippen molar-refractivity contribution in [3.05, 3.63) is 18.5 Å². The molecule has 1 aliphatic rings. The number of amides is 1. The highest BCUT2D eigenvalue weighted by Gasteiger charge is 2.25. The molecule has 0 aromatic carbocycles. The average Bonchev–Trinajstić information content (AvgIpc) is 2.46. The number of rotatable bonds is 3. The zero-order valence-electron chi connectivity index (χ0n) is 10.9. The molecule has 0 aliphatic carbocycles. The Kier molecular flexibility index (Phi) is 4.02. The van der Waals surface area contributed by atoms with Crippen LogP contribution in [0.1, 0.15) is 12.8 Å². The molecular weight excluding hydrogens is 228 g/mol. The van der Waals surface area contributed by atoms with Crippen molar-refractivity contribution in [3.8, 4) is 0 Å². The minimum Gasteiger partial charge on any atom is -0.387 e. The number of nitrogens with zero attached hydrogens (tertiary/aromatic N) is 2. The number of hydrogen-bond donors (Lipinski definition) is 2. The summed E-state index contributed by atoms with van der Waals surface area (Å²) in [6.07, 6.45) is 5.66. The second kappa shape index (κ2) is 5.71. The molecule has 5 nitrogen and oxygen atoms in total. The molecule has 0 spiro atoms. The van der Waals surface area contributed by atoms with Crippen molar-refractivity contribution in [2.75, 3.05) is 37.4 Å². The Balaban J connectivity index is 2.10. The van der Waals surface area contributed by atoms with Crippen LogP contribution in [0.4, 0.5) is 11.4 Å². The van der Waals surface area contributed by atoms with E-state index in [4.69, 9.17) is 0 Å². The Labute approximate surface area is 108 Å². The molecule has 0 radical (unpaired) electrons. The fraction of sp³-hybridized carbons (Fsp3) is 0.538. The van der Waals surface area contributed by atoms with Crippen LogP contribution in [0.5, 0.6) is 0 Å². The fourth-order valence-electron chi connectivity index (χ4n) is 2.37. The van der Waals surface area contributed by atoms with Crippen molar-refractivity contribution in [2.24, 2.45) is 5.92 Å². The summed E-state index contributed by atoms with van der Waals surface area (Å²) in [5.41, 5.74) is 2.07. The largest absolute Gasteiger partial charge is 0.387 e. The Hall–Kier alpha value is -1.78. The molecule has 5 heteroatoms. The third-order valence-corrected chi connectivity index (χ3v) is 3.42. The van der Waals surface area contributed by atoms with E-state index in [1.807, 2.05) is 13.2 Å². The van der Waals surface area contributed by atoms with Gasteiger partial charge in [-0.05, 0) is 18.9 Å². The molecule has 1 fully saturated rings. The third-order valence-electron chi connectivity index (χ3n) is 3.42. The van der Waals surface area contributed by atoms with Gasteiger partial charge in [-0.3, -0.25) is 9.78 Å². The average molecular weight is 248 g/mol. The SMILES string of the molecule is CNC(=O)C1CCCN(c2cncc(NC)c2)C1. The molecule has 0 bridgehead atoms. The standard InChI is InChI=1S/C13H20N4O/c1-14-11-6-12(8-16-7-11)17-5-3-4-10(9-17)13(18)15-2/h6-8,10,14H,3-5,9H2,1-2H3,(H,15,18). The molecule has 1 amide bonds. The fourth-order valence-corrected chi connectivity index (χ4v) is 2.37. The molecular formula is C13H20N4O. The van der Waals surface area contributed by atoms with Gasteiger partial charge in [-0.2, -0.15) is 0 Å². The second-order valence-corrected chi connectivity index (χ2v) is 4.58. The summed E-state index contributed by atoms with van der Waals surface area (Å²) in [4.78, 5) is 18.2. The zero-order chi connectivity index (χ0) is 13.0. The lowest BCUT2D eigenvalue weighted by Gasteiger charge is -2.33. The van der Waals surface area contributed by atoms with E-state index in [9.17, 15) is 4.79 Å². The number of aromatic nitrogens is 1. The van der Waals surface area contributed by atoms with Gasteiger partial charge < -0.3 is 15.5 Å². The van der Waals surface area contributed by atoms with E-state index in [2.05, 4.69) is 26.6 Å². The quantitative estimate of drug-likeness (QED) is 0.840. The van der Waals surface area contributed by atoms with Crippen molar-refractivity contribution >= 4 is 17.3 Å². The Morgan fingerprint density at radius 3 is 3.00 bits per heavy atom. The van der Waals surface area contributed by atoms with Gasteiger partial charge in [-0.1, -0.05) is 0 Å². The number of piperidine rings is 1. The molecule has 1 saturated heterocycles. The molecule has 2 heterocycles. The number of anilines is 2. The maximum Gasteiger partial charge on any atom is 0.224 e. The van der Waals surface area contributed by atoms with Crippen LogP contribution in [0.25, 0.3) is 0 Å². The van der Waals surface area contributed by atoms with Crippen LogP contribution in [0.15, 0.2) is 18.5 Å². The Bertz CT molecular complexity index is 421. The lowest BCUT2D eigenvalue weighted by atomic mass is 9.97. The molecule has 0 saturated carbocycles. The predicted octanol–water partition coefficient (Wildman–Crippen LogP) is 1.09. The first-order chi connectivity index (χ1) is 8.74. The number of nitrogens with one attached hydrogen (secondary N) is 2. The van der Waals surface area contributed by atoms with Crippen molar-refractivity contribution in [3.63, 3.8) is 0 Å². The van der Waals surface area contributed by atoms with Crippen LogP contribution >= 0.6 is 0 Å². The highest BCUT2D eigenvalue weighted by atomic mass is 16.1. The van der Waals surface area contributed by atoms with E-state index < -0.39 is 0 Å². The minimum absolute atomic E-state index is 0.0852. The van der Waals surface area contributed by atoms with Crippen LogP contribution in [-0.2, 0) is 4.79 Å². The summed E-state index contributed by atoms with van der Waals surface area (Å²) >= 11 is 0. The zero-order valence-corrected chi connectivity index (χ0v) is 10.9. The monoisotopic (exact) mass is 248 g/mol. The first-order valence-electron chi connectivity index (χ1n) is 6.34. The Morgan fingerprint density at radius 2 is 2.28 bits per heavy atom. The smallest absolute Gasteiger partial charge is 0.224 e. The molecule has 2 rings (SSSR count). The molecule has 1 atom stereocenters. The van der Waals surface area contributed by atoms with E-state index in [1.54, 1.807) is 13.2 Å². The molecule has 2 N–H and O–H groups in total. The predicted molar refractivity (Wildman–Crippen MR) is 72.8 cm³/mol. The van der Waals surface area contributed by atoms with Crippen LogP contribution in [0, 0.1) is 5.92 Å². The highest BCUT2D eigenvalue weighted by molar-refractivity contribution is 5.79. The van der Waals surface area contributed by atoms with Gasteiger partial charge >= 0.3 is 0 Å². The van der Waals surface area contributed by atoms with Gasteiger partial charge in [0.15, 0.2) is 0 Å². The van der Waals surface area contributed by atoms with Gasteiger partial charge in [-0.15, -0.1) is 0 Å². The van der Waals surface area contributed by atoms with Crippen molar-refractivity contribution < 1.29 is 4.79 Å². The first-order valence-corrected chi connectivity index (χ1v) is 6.34. The van der Waals surface area contributed by atoms with E-state index in [0.29, 0.717) is 0 Å². The van der Waals surface area contributed by atoms with Crippen molar-refractivity contribution in [1.82, 2.24) is 10.3 Å². The summed E-state index contributed by atoms with van der Waals surface area (Å²) in [6, 6.07) is 2.07. The summed E-state index contributed by atoms with van der Waals surface area (Å²) in [7, 11) is 3.58. The van der Waals surface area contributed by atoms with Crippen molar-refractivity contribution in [2.45, 2.75) is 12.8 Å². The summed E-state index contributed by atoms with van der Waals surface area (Å²) in [5, 5.41) is 5.82. The van der Waals surface area contributed by atoms with Crippen molar-refractivity contribution in [1.29, 1.82) is 0 Å². The number of carbonyl (C=O) groups excluding carboxylic acids is 1. The van der Waals surface area contributed by atoms with E-state index in [0.717, 1.165) is 37.3 Å². The number of carbonyl (C=O) groups is 1. The summed E-state index contributed by atoms with van der Waals surface area (Å²) in [5.74, 6) is 0.222. The van der Waals surface area contributed by atoms with Crippen LogP contribution in [0.3, 0.4) is 0 Å². The lowest BCUT2D eigenvalue weighted by Crippen LogP contribution is -2.42. The summed E-state index contributed by atoms with van der Waals surface area (Å²) < 4.78 is 0. The van der Waals surface area contributed by atoms with Gasteiger partial charge in [-0.25, -0.2) is 0 Å². The molecule has 1 aromatic heterocycles. The van der Waals surface area contributed by atoms with E-state index in [-0.39, 0.29) is 11.8 Å². The number of hydrogen-bond acceptors (Lipinski definition) is 4. The number of pyridine rings is 1. The molecule has 1 aliphatic heterocycles. The Morgan fingerprint density at radius 1 is 1.44 bits per heavy atom. The van der Waals surface area contributed by atoms with Crippen LogP contribution in [0.2, 0.25) is 0 Å². The lowest BCUT2D eigenvalue weighted by molar-refractivity contribution is -0.124. The van der Waals surface area contributed by atoms with Crippen LogP contribution < -0.4 is 15.5 Å². The van der Waals surface area contributed by atoms with Gasteiger partial charge in [0.2, 0.25) is 5.91 Å². The van der Waals surface area contributed by atoms with Gasteiger partial charge in [0, 0.05) is 27.2 Å². The van der Waals surface area contributed by atoms with Gasteiger partial charge in [0.05, 0.1) is 29.7 Å². The van der Waals surface area contributed by atoms with Gasteiger partial charge in [0.25, 0.3) is 0 Å². The summed E-state index contributed by atoms with van der Waals surface area (Å²) in [6.45, 7) is 1.76. The molecule has 1 aromatic rings. The normalized spacial score (nSPS) is 19.4. The van der Waals surface area contributed by atoms with Gasteiger partial charge in [0.1, 0.15) is 0 Å². The highest BCUT2D eigenvalue weighted by Crippen LogP contribution is 2.24. The first kappa shape index (κ1) is 12.7. The molecule has 98 valence electrons. The van der Waals surface area contributed by atoms with E-state index >= 15 is 0 Å². The minimum atomic E-state index is 0.0852. The van der Waals surface area contributed by atoms with Crippen LogP contribution in [-0.4, -0.2) is 38.1 Å². The topological polar surface area (TPSA) is 57.3 Å². The maximum absolute atomic E-state index is 11.7. The third kappa shape index (κ3) is 2.72. The second-order valence-electron chi connectivity index (χ2n) is 4.58. The molecule has 18 heavy (non-hydrogen) atoms.